The second-order valence-corrected chi connectivity index (χ2v) is 1.37. The van der Waals surface area contributed by atoms with E-state index in [-0.39, 0.29) is 0 Å². The lowest BCUT2D eigenvalue weighted by Crippen LogP contribution is -1.70. The van der Waals surface area contributed by atoms with Gasteiger partial charge in [-0.1, -0.05) is 6.58 Å². The first-order chi connectivity index (χ1) is 3.80. The third-order valence-corrected chi connectivity index (χ3v) is 0.790. The molecule has 2 nitrogen and oxygen atoms in total. The predicted molar refractivity (Wildman–Crippen MR) is 28.7 cm³/mol. The Morgan fingerprint density at radius 2 is 2.62 bits per heavy atom. The summed E-state index contributed by atoms with van der Waals surface area (Å²) in [6.45, 7) is 3.06. The molecule has 0 amide bonds. The van der Waals surface area contributed by atoms with E-state index in [2.05, 4.69) is 16.5 Å². The van der Waals surface area contributed by atoms with Crippen LogP contribution in [0.15, 0.2) is 19.1 Å². The first kappa shape index (κ1) is 5.03. The van der Waals surface area contributed by atoms with Crippen molar-refractivity contribution < 1.29 is 4.39 Å². The van der Waals surface area contributed by atoms with Gasteiger partial charge >= 0.3 is 0 Å². The lowest BCUT2D eigenvalue weighted by molar-refractivity contribution is 0.757. The van der Waals surface area contributed by atoms with Crippen molar-refractivity contribution in [1.29, 1.82) is 0 Å². The molecule has 1 heterocycles. The van der Waals surface area contributed by atoms with E-state index in [1.165, 1.54) is 12.5 Å². The minimum absolute atomic E-state index is 0.338. The quantitative estimate of drug-likeness (QED) is 0.583. The highest BCUT2D eigenvalue weighted by Crippen LogP contribution is 2.06. The molecule has 0 fully saturated rings. The Hall–Kier alpha value is -1.12. The maximum atomic E-state index is 12.0. The number of H-pyrrole nitrogens is 1. The molecular formula is C5H5FN2. The zero-order valence-electron chi connectivity index (χ0n) is 4.19. The van der Waals surface area contributed by atoms with Crippen molar-refractivity contribution >= 4 is 5.83 Å². The summed E-state index contributed by atoms with van der Waals surface area (Å²) in [7, 11) is 0. The SMILES string of the molecule is C=C(F)c1cnc[nH]1. The molecular weight excluding hydrogens is 107 g/mol. The van der Waals surface area contributed by atoms with Crippen LogP contribution in [0.25, 0.3) is 5.83 Å². The fourth-order valence-corrected chi connectivity index (χ4v) is 0.404. The van der Waals surface area contributed by atoms with E-state index in [4.69, 9.17) is 0 Å². The number of halogens is 1. The van der Waals surface area contributed by atoms with Gasteiger partial charge in [0.05, 0.1) is 18.2 Å². The summed E-state index contributed by atoms with van der Waals surface area (Å²) in [6.07, 6.45) is 2.78. The predicted octanol–water partition coefficient (Wildman–Crippen LogP) is 1.35. The average molecular weight is 112 g/mol. The van der Waals surface area contributed by atoms with E-state index in [9.17, 15) is 4.39 Å². The van der Waals surface area contributed by atoms with Gasteiger partial charge in [-0.25, -0.2) is 9.37 Å². The van der Waals surface area contributed by atoms with Gasteiger partial charge in [0.1, 0.15) is 5.83 Å². The second kappa shape index (κ2) is 1.78. The molecule has 0 aliphatic carbocycles. The molecule has 0 saturated heterocycles. The largest absolute Gasteiger partial charge is 0.343 e. The number of nitrogens with zero attached hydrogens (tertiary/aromatic N) is 1. The van der Waals surface area contributed by atoms with Gasteiger partial charge in [-0.2, -0.15) is 0 Å². The van der Waals surface area contributed by atoms with Gasteiger partial charge in [0.2, 0.25) is 0 Å². The van der Waals surface area contributed by atoms with Gasteiger partial charge in [-0.05, 0) is 0 Å². The van der Waals surface area contributed by atoms with Gasteiger partial charge in [-0.15, -0.1) is 0 Å². The Balaban J connectivity index is 2.93. The van der Waals surface area contributed by atoms with Crippen LogP contribution in [-0.4, -0.2) is 9.97 Å². The molecule has 0 aromatic carbocycles. The van der Waals surface area contributed by atoms with Crippen LogP contribution in [0.3, 0.4) is 0 Å². The summed E-state index contributed by atoms with van der Waals surface area (Å²) in [4.78, 5) is 6.14. The Bertz CT molecular complexity index is 178. The highest BCUT2D eigenvalue weighted by Gasteiger charge is 1.93. The fourth-order valence-electron chi connectivity index (χ4n) is 0.404. The molecule has 0 radical (unpaired) electrons. The third kappa shape index (κ3) is 0.753. The van der Waals surface area contributed by atoms with Crippen LogP contribution in [0.5, 0.6) is 0 Å². The molecule has 0 aliphatic heterocycles. The second-order valence-electron chi connectivity index (χ2n) is 1.37. The topological polar surface area (TPSA) is 28.7 Å². The van der Waals surface area contributed by atoms with E-state index in [0.717, 1.165) is 0 Å². The number of nitrogens with one attached hydrogen (secondary N) is 1. The molecule has 3 heteroatoms. The first-order valence-corrected chi connectivity index (χ1v) is 2.14. The highest BCUT2D eigenvalue weighted by atomic mass is 19.1. The minimum Gasteiger partial charge on any atom is -0.343 e. The van der Waals surface area contributed by atoms with Crippen LogP contribution >= 0.6 is 0 Å². The van der Waals surface area contributed by atoms with Crippen molar-refractivity contribution in [2.24, 2.45) is 0 Å². The smallest absolute Gasteiger partial charge is 0.141 e. The Labute approximate surface area is 46.1 Å². The third-order valence-electron chi connectivity index (χ3n) is 0.790. The van der Waals surface area contributed by atoms with Crippen LogP contribution < -0.4 is 0 Å². The number of aromatic nitrogens is 2. The number of rotatable bonds is 1. The molecule has 1 N–H and O–H groups in total. The molecule has 42 valence electrons. The molecule has 0 saturated carbocycles. The summed E-state index contributed by atoms with van der Waals surface area (Å²) in [5.74, 6) is -0.484. The van der Waals surface area contributed by atoms with Crippen LogP contribution in [0.2, 0.25) is 0 Å². The Kier molecular flexibility index (Phi) is 1.12. The summed E-state index contributed by atoms with van der Waals surface area (Å²) >= 11 is 0. The van der Waals surface area contributed by atoms with Crippen LogP contribution in [0, 0.1) is 0 Å². The Morgan fingerprint density at radius 1 is 1.88 bits per heavy atom. The van der Waals surface area contributed by atoms with E-state index in [0.29, 0.717) is 5.69 Å². The van der Waals surface area contributed by atoms with Gasteiger partial charge in [-0.3, -0.25) is 0 Å². The van der Waals surface area contributed by atoms with E-state index < -0.39 is 5.83 Å². The lowest BCUT2D eigenvalue weighted by Gasteiger charge is -1.82. The monoisotopic (exact) mass is 112 g/mol. The number of aromatic amines is 1. The van der Waals surface area contributed by atoms with Gasteiger partial charge in [0, 0.05) is 0 Å². The van der Waals surface area contributed by atoms with Crippen molar-refractivity contribution in [3.8, 4) is 0 Å². The zero-order chi connectivity index (χ0) is 5.98. The molecule has 1 aromatic heterocycles. The fraction of sp³-hybridized carbons (Fsp3) is 0. The van der Waals surface area contributed by atoms with E-state index in [1.54, 1.807) is 0 Å². The molecule has 0 bridgehead atoms. The maximum absolute atomic E-state index is 12.0. The summed E-state index contributed by atoms with van der Waals surface area (Å²) in [5, 5.41) is 0. The Morgan fingerprint density at radius 3 is 2.88 bits per heavy atom. The van der Waals surface area contributed by atoms with Crippen molar-refractivity contribution in [3.63, 3.8) is 0 Å². The van der Waals surface area contributed by atoms with Crippen LogP contribution in [-0.2, 0) is 0 Å². The molecule has 0 atom stereocenters. The molecule has 1 rings (SSSR count). The summed E-state index contributed by atoms with van der Waals surface area (Å²) in [6, 6.07) is 0. The van der Waals surface area contributed by atoms with Gasteiger partial charge < -0.3 is 4.98 Å². The van der Waals surface area contributed by atoms with Gasteiger partial charge in [0.15, 0.2) is 0 Å². The lowest BCUT2D eigenvalue weighted by atomic mass is 10.4. The van der Waals surface area contributed by atoms with Crippen LogP contribution in [0.1, 0.15) is 5.69 Å². The average Bonchev–Trinajstić information content (AvgIpc) is 2.12. The number of imidazole rings is 1. The standard InChI is InChI=1S/C5H5FN2/c1-4(6)5-2-7-3-8-5/h2-3H,1H2,(H,7,8). The zero-order valence-corrected chi connectivity index (χ0v) is 4.19. The van der Waals surface area contributed by atoms with Crippen molar-refractivity contribution in [1.82, 2.24) is 9.97 Å². The summed E-state index contributed by atoms with van der Waals surface area (Å²) < 4.78 is 12.0. The number of hydrogen-bond acceptors (Lipinski definition) is 1. The van der Waals surface area contributed by atoms with E-state index in [1.807, 2.05) is 0 Å². The molecule has 1 aromatic rings. The summed E-state index contributed by atoms with van der Waals surface area (Å²) in [5.41, 5.74) is 0.338. The van der Waals surface area contributed by atoms with E-state index >= 15 is 0 Å². The van der Waals surface area contributed by atoms with Crippen molar-refractivity contribution in [2.45, 2.75) is 0 Å². The van der Waals surface area contributed by atoms with Crippen molar-refractivity contribution in [3.05, 3.63) is 24.8 Å². The minimum atomic E-state index is -0.484. The normalized spacial score (nSPS) is 9.12. The number of hydrogen-bond donors (Lipinski definition) is 1. The van der Waals surface area contributed by atoms with Crippen molar-refractivity contribution in [2.75, 3.05) is 0 Å². The maximum Gasteiger partial charge on any atom is 0.141 e. The van der Waals surface area contributed by atoms with Gasteiger partial charge in [0.25, 0.3) is 0 Å². The molecule has 0 aliphatic rings. The van der Waals surface area contributed by atoms with Crippen LogP contribution in [0.4, 0.5) is 4.39 Å². The first-order valence-electron chi connectivity index (χ1n) is 2.14. The highest BCUT2D eigenvalue weighted by molar-refractivity contribution is 5.50. The molecule has 0 spiro atoms. The molecule has 8 heavy (non-hydrogen) atoms. The molecule has 0 unspecified atom stereocenters.